The van der Waals surface area contributed by atoms with Crippen molar-refractivity contribution < 1.29 is 4.79 Å². The molecule has 1 aliphatic carbocycles. The number of nitrogens with one attached hydrogen (secondary N) is 2. The topological polar surface area (TPSA) is 41.1 Å². The standard InChI is InChI=1S/C18H26N2O.ClH/c1-13(2)9-18(6-3-7-18)17(21)20-10-14-4-5-15-11-19-12-16(15)8-14;/h4-5,8,13,19H,3,6-7,9-12H2,1-2H3,(H,20,21);1H. The van der Waals surface area contributed by atoms with Gasteiger partial charge in [0.2, 0.25) is 5.91 Å². The summed E-state index contributed by atoms with van der Waals surface area (Å²) in [6, 6.07) is 6.55. The molecule has 1 saturated carbocycles. The first kappa shape index (κ1) is 17.3. The fourth-order valence-electron chi connectivity index (χ4n) is 3.74. The van der Waals surface area contributed by atoms with E-state index in [2.05, 4.69) is 42.7 Å². The van der Waals surface area contributed by atoms with Crippen LogP contribution in [0.25, 0.3) is 0 Å². The Morgan fingerprint density at radius 1 is 1.27 bits per heavy atom. The molecule has 0 aromatic heterocycles. The van der Waals surface area contributed by atoms with E-state index in [0.29, 0.717) is 12.5 Å². The summed E-state index contributed by atoms with van der Waals surface area (Å²) in [4.78, 5) is 12.6. The molecule has 0 radical (unpaired) electrons. The van der Waals surface area contributed by atoms with E-state index >= 15 is 0 Å². The van der Waals surface area contributed by atoms with Gasteiger partial charge in [-0.25, -0.2) is 0 Å². The van der Waals surface area contributed by atoms with Crippen LogP contribution < -0.4 is 10.6 Å². The molecule has 0 bridgehead atoms. The van der Waals surface area contributed by atoms with Gasteiger partial charge in [0.1, 0.15) is 0 Å². The predicted octanol–water partition coefficient (Wildman–Crippen LogP) is 3.54. The minimum atomic E-state index is -0.0769. The van der Waals surface area contributed by atoms with Crippen LogP contribution in [-0.4, -0.2) is 5.91 Å². The second-order valence-corrected chi connectivity index (χ2v) is 7.12. The zero-order chi connectivity index (χ0) is 14.9. The Balaban J connectivity index is 0.00000176. The van der Waals surface area contributed by atoms with Gasteiger partial charge in [-0.2, -0.15) is 0 Å². The van der Waals surface area contributed by atoms with Gasteiger partial charge < -0.3 is 10.6 Å². The van der Waals surface area contributed by atoms with Gasteiger partial charge in [0.15, 0.2) is 0 Å². The summed E-state index contributed by atoms with van der Waals surface area (Å²) in [6.07, 6.45) is 4.34. The van der Waals surface area contributed by atoms with Crippen molar-refractivity contribution >= 4 is 18.3 Å². The van der Waals surface area contributed by atoms with Crippen LogP contribution in [0.3, 0.4) is 0 Å². The maximum absolute atomic E-state index is 12.6. The third-order valence-electron chi connectivity index (χ3n) is 4.95. The summed E-state index contributed by atoms with van der Waals surface area (Å²) < 4.78 is 0. The quantitative estimate of drug-likeness (QED) is 0.870. The summed E-state index contributed by atoms with van der Waals surface area (Å²) in [5, 5.41) is 6.54. The molecule has 1 aliphatic heterocycles. The highest BCUT2D eigenvalue weighted by atomic mass is 35.5. The van der Waals surface area contributed by atoms with E-state index in [1.165, 1.54) is 23.1 Å². The minimum Gasteiger partial charge on any atom is -0.352 e. The molecule has 3 nitrogen and oxygen atoms in total. The first-order chi connectivity index (χ1) is 10.1. The number of carbonyl (C=O) groups is 1. The van der Waals surface area contributed by atoms with Crippen molar-refractivity contribution in [2.45, 2.75) is 59.2 Å². The number of hydrogen-bond acceptors (Lipinski definition) is 2. The third kappa shape index (κ3) is 3.47. The molecule has 1 amide bonds. The SMILES string of the molecule is CC(C)CC1(C(=O)NCc2ccc3c(c2)CNC3)CCC1.Cl. The summed E-state index contributed by atoms with van der Waals surface area (Å²) in [5.74, 6) is 0.850. The van der Waals surface area contributed by atoms with Crippen molar-refractivity contribution in [1.82, 2.24) is 10.6 Å². The third-order valence-corrected chi connectivity index (χ3v) is 4.95. The summed E-state index contributed by atoms with van der Waals surface area (Å²) in [5.41, 5.74) is 3.90. The van der Waals surface area contributed by atoms with Gasteiger partial charge >= 0.3 is 0 Å². The van der Waals surface area contributed by atoms with Gasteiger partial charge in [-0.3, -0.25) is 4.79 Å². The van der Waals surface area contributed by atoms with Gasteiger partial charge in [0, 0.05) is 25.0 Å². The van der Waals surface area contributed by atoms with Crippen molar-refractivity contribution in [2.24, 2.45) is 11.3 Å². The van der Waals surface area contributed by atoms with E-state index in [1.807, 2.05) is 0 Å². The highest BCUT2D eigenvalue weighted by molar-refractivity contribution is 5.85. The maximum atomic E-state index is 12.6. The zero-order valence-corrected chi connectivity index (χ0v) is 14.4. The first-order valence-electron chi connectivity index (χ1n) is 8.19. The highest BCUT2D eigenvalue weighted by Crippen LogP contribution is 2.46. The fraction of sp³-hybridized carbons (Fsp3) is 0.611. The molecule has 0 atom stereocenters. The van der Waals surface area contributed by atoms with Crippen LogP contribution in [0.15, 0.2) is 18.2 Å². The van der Waals surface area contributed by atoms with Crippen molar-refractivity contribution in [2.75, 3.05) is 0 Å². The lowest BCUT2D eigenvalue weighted by atomic mass is 9.64. The summed E-state index contributed by atoms with van der Waals surface area (Å²) in [7, 11) is 0. The summed E-state index contributed by atoms with van der Waals surface area (Å²) in [6.45, 7) is 7.00. The van der Waals surface area contributed by atoms with Crippen molar-refractivity contribution in [3.05, 3.63) is 34.9 Å². The molecule has 22 heavy (non-hydrogen) atoms. The predicted molar refractivity (Wildman–Crippen MR) is 91.8 cm³/mol. The molecular weight excluding hydrogens is 296 g/mol. The van der Waals surface area contributed by atoms with Gasteiger partial charge in [0.05, 0.1) is 0 Å². The number of carbonyl (C=O) groups excluding carboxylic acids is 1. The number of benzene rings is 1. The highest BCUT2D eigenvalue weighted by Gasteiger charge is 2.43. The van der Waals surface area contributed by atoms with E-state index in [4.69, 9.17) is 0 Å². The smallest absolute Gasteiger partial charge is 0.226 e. The molecular formula is C18H27ClN2O. The van der Waals surface area contributed by atoms with Gasteiger partial charge in [0.25, 0.3) is 0 Å². The minimum absolute atomic E-state index is 0. The molecule has 1 aromatic carbocycles. The Morgan fingerprint density at radius 3 is 2.64 bits per heavy atom. The molecule has 122 valence electrons. The lowest BCUT2D eigenvalue weighted by molar-refractivity contribution is -0.137. The average molecular weight is 323 g/mol. The Labute approximate surface area is 139 Å². The van der Waals surface area contributed by atoms with Crippen LogP contribution in [0.1, 0.15) is 56.2 Å². The molecule has 2 aliphatic rings. The van der Waals surface area contributed by atoms with Gasteiger partial charge in [-0.15, -0.1) is 12.4 Å². The molecule has 2 N–H and O–H groups in total. The van der Waals surface area contributed by atoms with Crippen LogP contribution in [0.5, 0.6) is 0 Å². The van der Waals surface area contributed by atoms with E-state index in [0.717, 1.165) is 32.4 Å². The van der Waals surface area contributed by atoms with Crippen molar-refractivity contribution in [1.29, 1.82) is 0 Å². The summed E-state index contributed by atoms with van der Waals surface area (Å²) >= 11 is 0. The Bertz CT molecular complexity index is 538. The molecule has 0 spiro atoms. The Morgan fingerprint density at radius 2 is 2.00 bits per heavy atom. The van der Waals surface area contributed by atoms with Crippen molar-refractivity contribution in [3.63, 3.8) is 0 Å². The van der Waals surface area contributed by atoms with E-state index in [-0.39, 0.29) is 23.7 Å². The van der Waals surface area contributed by atoms with Crippen LogP contribution in [0.2, 0.25) is 0 Å². The van der Waals surface area contributed by atoms with Crippen LogP contribution in [-0.2, 0) is 24.4 Å². The number of fused-ring (bicyclic) bond motifs is 1. The van der Waals surface area contributed by atoms with Crippen molar-refractivity contribution in [3.8, 4) is 0 Å². The number of hydrogen-bond donors (Lipinski definition) is 2. The maximum Gasteiger partial charge on any atom is 0.226 e. The lowest BCUT2D eigenvalue weighted by Crippen LogP contribution is -2.46. The molecule has 1 aromatic rings. The molecule has 1 heterocycles. The van der Waals surface area contributed by atoms with Crippen LogP contribution >= 0.6 is 12.4 Å². The van der Waals surface area contributed by atoms with E-state index < -0.39 is 0 Å². The first-order valence-corrected chi connectivity index (χ1v) is 8.19. The second-order valence-electron chi connectivity index (χ2n) is 7.12. The second kappa shape index (κ2) is 7.01. The van der Waals surface area contributed by atoms with Gasteiger partial charge in [-0.1, -0.05) is 38.5 Å². The normalized spacial score (nSPS) is 18.3. The molecule has 1 fully saturated rings. The molecule has 0 saturated heterocycles. The Kier molecular flexibility index (Phi) is 5.51. The molecule has 3 rings (SSSR count). The largest absolute Gasteiger partial charge is 0.352 e. The Hall–Kier alpha value is -1.06. The lowest BCUT2D eigenvalue weighted by Gasteiger charge is -2.41. The van der Waals surface area contributed by atoms with E-state index in [1.54, 1.807) is 0 Å². The average Bonchev–Trinajstić information content (AvgIpc) is 2.87. The number of rotatable bonds is 5. The van der Waals surface area contributed by atoms with Gasteiger partial charge in [-0.05, 0) is 41.9 Å². The number of amides is 1. The fourth-order valence-corrected chi connectivity index (χ4v) is 3.74. The van der Waals surface area contributed by atoms with Crippen LogP contribution in [0.4, 0.5) is 0 Å². The number of halogens is 1. The van der Waals surface area contributed by atoms with Crippen LogP contribution in [0, 0.1) is 11.3 Å². The zero-order valence-electron chi connectivity index (χ0n) is 13.6. The van der Waals surface area contributed by atoms with E-state index in [9.17, 15) is 4.79 Å². The monoisotopic (exact) mass is 322 g/mol. The molecule has 0 unspecified atom stereocenters. The molecule has 4 heteroatoms.